The Morgan fingerprint density at radius 1 is 0.541 bits per heavy atom. The van der Waals surface area contributed by atoms with Crippen LogP contribution in [-0.4, -0.2) is 38.3 Å². The molecule has 0 aliphatic carbocycles. The molecule has 186 valence electrons. The number of ether oxygens (including phenoxy) is 2. The van der Waals surface area contributed by atoms with E-state index in [1.54, 1.807) is 14.2 Å². The summed E-state index contributed by atoms with van der Waals surface area (Å²) in [7, 11) is 7.39. The molecule has 1 heterocycles. The fourth-order valence-corrected chi connectivity index (χ4v) is 3.60. The first-order valence-electron chi connectivity index (χ1n) is 12.0. The third-order valence-corrected chi connectivity index (χ3v) is 5.74. The Labute approximate surface area is 219 Å². The van der Waals surface area contributed by atoms with Gasteiger partial charge in [0, 0.05) is 19.8 Å². The summed E-state index contributed by atoms with van der Waals surface area (Å²) in [6.07, 6.45) is 12.0. The van der Waals surface area contributed by atoms with Gasteiger partial charge in [-0.1, -0.05) is 54.6 Å². The van der Waals surface area contributed by atoms with Crippen molar-refractivity contribution in [1.29, 1.82) is 0 Å². The summed E-state index contributed by atoms with van der Waals surface area (Å²) in [4.78, 5) is 11.6. The molecule has 0 saturated heterocycles. The Hall–Kier alpha value is -4.64. The minimum absolute atomic E-state index is 0.642. The first-order valence-corrected chi connectivity index (χ1v) is 12.0. The third kappa shape index (κ3) is 7.42. The number of anilines is 1. The summed E-state index contributed by atoms with van der Waals surface area (Å²) in [6.45, 7) is 0. The second kappa shape index (κ2) is 12.4. The van der Waals surface area contributed by atoms with Crippen LogP contribution in [0.4, 0.5) is 5.69 Å². The second-order valence-corrected chi connectivity index (χ2v) is 8.61. The summed E-state index contributed by atoms with van der Waals surface area (Å²) in [5, 5.41) is 0. The van der Waals surface area contributed by atoms with Crippen molar-refractivity contribution in [2.45, 2.75) is 0 Å². The monoisotopic (exact) mass is 489 g/mol. The Morgan fingerprint density at radius 3 is 1.35 bits per heavy atom. The average molecular weight is 490 g/mol. The Morgan fingerprint density at radius 2 is 0.946 bits per heavy atom. The molecule has 0 atom stereocenters. The lowest BCUT2D eigenvalue weighted by molar-refractivity contribution is 0.414. The molecular weight excluding hydrogens is 458 g/mol. The number of rotatable bonds is 9. The van der Waals surface area contributed by atoms with Crippen LogP contribution >= 0.6 is 0 Å². The van der Waals surface area contributed by atoms with Gasteiger partial charge in [0.05, 0.1) is 25.6 Å². The van der Waals surface area contributed by atoms with E-state index in [4.69, 9.17) is 19.4 Å². The van der Waals surface area contributed by atoms with Gasteiger partial charge >= 0.3 is 0 Å². The van der Waals surface area contributed by atoms with Crippen molar-refractivity contribution in [1.82, 2.24) is 9.97 Å². The molecule has 5 nitrogen and oxygen atoms in total. The maximum Gasteiger partial charge on any atom is 0.153 e. The molecular formula is C32H31N3O2. The number of hydrogen-bond acceptors (Lipinski definition) is 5. The van der Waals surface area contributed by atoms with E-state index in [2.05, 4.69) is 29.2 Å². The van der Waals surface area contributed by atoms with Crippen LogP contribution in [0.2, 0.25) is 0 Å². The van der Waals surface area contributed by atoms with Crippen molar-refractivity contribution >= 4 is 42.1 Å². The number of hydrogen-bond donors (Lipinski definition) is 0. The van der Waals surface area contributed by atoms with E-state index in [0.717, 1.165) is 45.3 Å². The standard InChI is InChI=1S/C32H31N3O2/c1-35(2)29-16-7-26(8-17-29)13-22-32-33-27(14-5-24-9-18-30(36-3)19-10-24)23-28(34-32)15-6-25-11-20-31(37-4)21-12-25/h5-23H,1-4H3/b14-5+,15-6+,22-13+. The second-order valence-electron chi connectivity index (χ2n) is 8.61. The van der Waals surface area contributed by atoms with Crippen molar-refractivity contribution in [2.24, 2.45) is 0 Å². The van der Waals surface area contributed by atoms with Gasteiger partial charge in [0.25, 0.3) is 0 Å². The van der Waals surface area contributed by atoms with Crippen molar-refractivity contribution in [3.05, 3.63) is 113 Å². The van der Waals surface area contributed by atoms with E-state index >= 15 is 0 Å². The van der Waals surface area contributed by atoms with Crippen molar-refractivity contribution in [3.8, 4) is 11.5 Å². The highest BCUT2D eigenvalue weighted by Gasteiger charge is 2.01. The number of benzene rings is 3. The lowest BCUT2D eigenvalue weighted by Crippen LogP contribution is -2.07. The Balaban J connectivity index is 1.61. The summed E-state index contributed by atoms with van der Waals surface area (Å²) in [6, 6.07) is 26.2. The van der Waals surface area contributed by atoms with Crippen molar-refractivity contribution in [3.63, 3.8) is 0 Å². The molecule has 0 amide bonds. The first-order chi connectivity index (χ1) is 18.0. The normalized spacial score (nSPS) is 11.5. The minimum Gasteiger partial charge on any atom is -0.497 e. The van der Waals surface area contributed by atoms with Crippen LogP contribution in [-0.2, 0) is 0 Å². The molecule has 0 unspecified atom stereocenters. The van der Waals surface area contributed by atoms with Gasteiger partial charge < -0.3 is 14.4 Å². The van der Waals surface area contributed by atoms with Crippen LogP contribution in [0.1, 0.15) is 33.9 Å². The van der Waals surface area contributed by atoms with Crippen LogP contribution in [0.5, 0.6) is 11.5 Å². The van der Waals surface area contributed by atoms with Crippen molar-refractivity contribution < 1.29 is 9.47 Å². The summed E-state index contributed by atoms with van der Waals surface area (Å²) < 4.78 is 10.5. The zero-order valence-corrected chi connectivity index (χ0v) is 21.6. The van der Waals surface area contributed by atoms with Gasteiger partial charge in [0.1, 0.15) is 11.5 Å². The number of nitrogens with zero attached hydrogens (tertiary/aromatic N) is 3. The minimum atomic E-state index is 0.642. The molecule has 0 N–H and O–H groups in total. The van der Waals surface area contributed by atoms with E-state index in [9.17, 15) is 0 Å². The van der Waals surface area contributed by atoms with E-state index in [-0.39, 0.29) is 0 Å². The number of methoxy groups -OCH3 is 2. The Kier molecular flexibility index (Phi) is 8.50. The van der Waals surface area contributed by atoms with Gasteiger partial charge in [-0.15, -0.1) is 0 Å². The highest BCUT2D eigenvalue weighted by molar-refractivity contribution is 5.74. The zero-order chi connectivity index (χ0) is 26.0. The maximum atomic E-state index is 5.25. The molecule has 1 aromatic heterocycles. The van der Waals surface area contributed by atoms with Crippen molar-refractivity contribution in [2.75, 3.05) is 33.2 Å². The van der Waals surface area contributed by atoms with E-state index < -0.39 is 0 Å². The quantitative estimate of drug-likeness (QED) is 0.252. The molecule has 0 fully saturated rings. The highest BCUT2D eigenvalue weighted by Crippen LogP contribution is 2.18. The third-order valence-electron chi connectivity index (χ3n) is 5.74. The molecule has 0 saturated carbocycles. The van der Waals surface area contributed by atoms with Gasteiger partial charge in [-0.25, -0.2) is 9.97 Å². The fraction of sp³-hybridized carbons (Fsp3) is 0.125. The van der Waals surface area contributed by atoms with Crippen LogP contribution in [0, 0.1) is 0 Å². The maximum absolute atomic E-state index is 5.25. The molecule has 0 spiro atoms. The van der Waals surface area contributed by atoms with Crippen LogP contribution in [0.15, 0.2) is 78.9 Å². The van der Waals surface area contributed by atoms with Crippen LogP contribution < -0.4 is 14.4 Å². The molecule has 0 aliphatic heterocycles. The summed E-state index contributed by atoms with van der Waals surface area (Å²) >= 11 is 0. The molecule has 4 rings (SSSR count). The number of aromatic nitrogens is 2. The van der Waals surface area contributed by atoms with Gasteiger partial charge in [-0.2, -0.15) is 0 Å². The molecule has 4 aromatic rings. The van der Waals surface area contributed by atoms with Crippen LogP contribution in [0.25, 0.3) is 36.5 Å². The van der Waals surface area contributed by atoms with Gasteiger partial charge in [-0.3, -0.25) is 0 Å². The topological polar surface area (TPSA) is 47.5 Å². The summed E-state index contributed by atoms with van der Waals surface area (Å²) in [5.41, 5.74) is 6.01. The average Bonchev–Trinajstić information content (AvgIpc) is 2.94. The van der Waals surface area contributed by atoms with Crippen LogP contribution in [0.3, 0.4) is 0 Å². The highest BCUT2D eigenvalue weighted by atomic mass is 16.5. The first kappa shape index (κ1) is 25.5. The lowest BCUT2D eigenvalue weighted by Gasteiger charge is -2.11. The van der Waals surface area contributed by atoms with Gasteiger partial charge in [-0.05, 0) is 77.4 Å². The molecule has 3 aromatic carbocycles. The Bertz CT molecular complexity index is 1310. The summed E-state index contributed by atoms with van der Waals surface area (Å²) in [5.74, 6) is 2.30. The molecule has 5 heteroatoms. The largest absolute Gasteiger partial charge is 0.497 e. The van der Waals surface area contributed by atoms with E-state index in [1.165, 1.54) is 0 Å². The lowest BCUT2D eigenvalue weighted by atomic mass is 10.1. The smallest absolute Gasteiger partial charge is 0.153 e. The zero-order valence-electron chi connectivity index (χ0n) is 21.6. The predicted octanol–water partition coefficient (Wildman–Crippen LogP) is 7.07. The fourth-order valence-electron chi connectivity index (χ4n) is 3.60. The predicted molar refractivity (Wildman–Crippen MR) is 156 cm³/mol. The molecule has 37 heavy (non-hydrogen) atoms. The van der Waals surface area contributed by atoms with Gasteiger partial charge in [0.15, 0.2) is 5.82 Å². The molecule has 0 radical (unpaired) electrons. The molecule has 0 bridgehead atoms. The van der Waals surface area contributed by atoms with E-state index in [1.807, 2.05) is 105 Å². The van der Waals surface area contributed by atoms with E-state index in [0.29, 0.717) is 5.82 Å². The van der Waals surface area contributed by atoms with Gasteiger partial charge in [0.2, 0.25) is 0 Å². The SMILES string of the molecule is COc1ccc(/C=C/c2cc(/C=C/c3ccc(OC)cc3)nc(/C=C/c3ccc(N(C)C)cc3)n2)cc1. The molecule has 0 aliphatic rings.